The maximum absolute atomic E-state index is 11.9. The molecular weight excluding hydrogens is 358 g/mol. The Hall–Kier alpha value is -3.35. The van der Waals surface area contributed by atoms with E-state index in [0.717, 1.165) is 12.0 Å². The number of carbonyl (C=O) groups excluding carboxylic acids is 2. The van der Waals surface area contributed by atoms with Gasteiger partial charge in [0, 0.05) is 5.69 Å². The third-order valence-corrected chi connectivity index (χ3v) is 3.62. The molecule has 148 valence electrons. The third kappa shape index (κ3) is 6.42. The number of hydrogen-bond donors (Lipinski definition) is 2. The van der Waals surface area contributed by atoms with Crippen LogP contribution < -0.4 is 20.2 Å². The Morgan fingerprint density at radius 3 is 2.43 bits per heavy atom. The van der Waals surface area contributed by atoms with Gasteiger partial charge in [-0.25, -0.2) is 5.43 Å². The molecule has 0 fully saturated rings. The molecule has 0 heterocycles. The van der Waals surface area contributed by atoms with Gasteiger partial charge < -0.3 is 14.8 Å². The first-order valence-corrected chi connectivity index (χ1v) is 9.14. The van der Waals surface area contributed by atoms with E-state index >= 15 is 0 Å². The number of aryl methyl sites for hydroxylation is 1. The predicted molar refractivity (Wildman–Crippen MR) is 109 cm³/mol. The first-order chi connectivity index (χ1) is 13.5. The van der Waals surface area contributed by atoms with Gasteiger partial charge in [0.1, 0.15) is 0 Å². The van der Waals surface area contributed by atoms with Crippen molar-refractivity contribution in [3.05, 3.63) is 53.6 Å². The number of carbonyl (C=O) groups is 2. The number of nitrogens with zero attached hydrogens (tertiary/aromatic N) is 1. The van der Waals surface area contributed by atoms with E-state index in [1.807, 2.05) is 32.9 Å². The average molecular weight is 383 g/mol. The summed E-state index contributed by atoms with van der Waals surface area (Å²) < 4.78 is 11.2. The zero-order valence-corrected chi connectivity index (χ0v) is 16.3. The van der Waals surface area contributed by atoms with E-state index in [0.29, 0.717) is 36.0 Å². The first-order valence-electron chi connectivity index (χ1n) is 9.14. The zero-order valence-electron chi connectivity index (χ0n) is 16.3. The summed E-state index contributed by atoms with van der Waals surface area (Å²) in [6.07, 6.45) is 2.33. The second-order valence-corrected chi connectivity index (χ2v) is 6.01. The van der Waals surface area contributed by atoms with Crippen LogP contribution in [0.2, 0.25) is 0 Å². The van der Waals surface area contributed by atoms with Crippen molar-refractivity contribution < 1.29 is 19.1 Å². The quantitative estimate of drug-likeness (QED) is 0.416. The fraction of sp³-hybridized carbons (Fsp3) is 0.286. The number of hydrazone groups is 1. The van der Waals surface area contributed by atoms with Gasteiger partial charge >= 0.3 is 11.8 Å². The molecule has 0 aliphatic carbocycles. The van der Waals surface area contributed by atoms with E-state index in [2.05, 4.69) is 15.8 Å². The minimum absolute atomic E-state index is 0.499. The molecular formula is C21H25N3O4. The maximum Gasteiger partial charge on any atom is 0.329 e. The van der Waals surface area contributed by atoms with Crippen molar-refractivity contribution in [1.82, 2.24) is 5.43 Å². The van der Waals surface area contributed by atoms with Gasteiger partial charge in [0.2, 0.25) is 0 Å². The Labute approximate surface area is 164 Å². The van der Waals surface area contributed by atoms with Crippen molar-refractivity contribution in [1.29, 1.82) is 0 Å². The fourth-order valence-corrected chi connectivity index (χ4v) is 2.25. The van der Waals surface area contributed by atoms with Crippen molar-refractivity contribution in [2.75, 3.05) is 18.5 Å². The predicted octanol–water partition coefficient (Wildman–Crippen LogP) is 3.27. The van der Waals surface area contributed by atoms with Gasteiger partial charge in [0.15, 0.2) is 11.5 Å². The zero-order chi connectivity index (χ0) is 20.4. The molecule has 0 saturated carbocycles. The Morgan fingerprint density at radius 1 is 1.00 bits per heavy atom. The van der Waals surface area contributed by atoms with E-state index in [1.165, 1.54) is 6.21 Å². The van der Waals surface area contributed by atoms with Crippen LogP contribution in [0.1, 0.15) is 31.4 Å². The Balaban J connectivity index is 1.95. The Morgan fingerprint density at radius 2 is 1.75 bits per heavy atom. The molecule has 0 unspecified atom stereocenters. The molecule has 7 nitrogen and oxygen atoms in total. The summed E-state index contributed by atoms with van der Waals surface area (Å²) in [6.45, 7) is 6.95. The van der Waals surface area contributed by atoms with Crippen LogP contribution in [0.4, 0.5) is 5.69 Å². The molecule has 7 heteroatoms. The highest BCUT2D eigenvalue weighted by Gasteiger charge is 2.12. The van der Waals surface area contributed by atoms with E-state index < -0.39 is 11.8 Å². The number of nitrogens with one attached hydrogen (secondary N) is 2. The molecule has 2 aromatic rings. The maximum atomic E-state index is 11.9. The number of ether oxygens (including phenoxy) is 2. The van der Waals surface area contributed by atoms with E-state index in [-0.39, 0.29) is 0 Å². The number of benzene rings is 2. The van der Waals surface area contributed by atoms with E-state index in [9.17, 15) is 9.59 Å². The molecule has 0 aromatic heterocycles. The number of amides is 2. The van der Waals surface area contributed by atoms with Crippen molar-refractivity contribution in [3.8, 4) is 11.5 Å². The largest absolute Gasteiger partial charge is 0.490 e. The molecule has 0 saturated heterocycles. The molecule has 2 N–H and O–H groups in total. The van der Waals surface area contributed by atoms with E-state index in [4.69, 9.17) is 9.47 Å². The lowest BCUT2D eigenvalue weighted by molar-refractivity contribution is -0.136. The second kappa shape index (κ2) is 10.7. The minimum atomic E-state index is -0.857. The summed E-state index contributed by atoms with van der Waals surface area (Å²) in [6, 6.07) is 12.5. The highest BCUT2D eigenvalue weighted by atomic mass is 16.5. The molecule has 0 radical (unpaired) electrons. The van der Waals surface area contributed by atoms with Gasteiger partial charge in [0.25, 0.3) is 0 Å². The lowest BCUT2D eigenvalue weighted by atomic mass is 10.2. The summed E-state index contributed by atoms with van der Waals surface area (Å²) in [7, 11) is 0. The van der Waals surface area contributed by atoms with Crippen molar-refractivity contribution in [3.63, 3.8) is 0 Å². The average Bonchev–Trinajstić information content (AvgIpc) is 2.69. The van der Waals surface area contributed by atoms with Gasteiger partial charge in [-0.2, -0.15) is 5.10 Å². The third-order valence-electron chi connectivity index (χ3n) is 3.62. The highest BCUT2D eigenvalue weighted by molar-refractivity contribution is 6.39. The fourth-order valence-electron chi connectivity index (χ4n) is 2.25. The molecule has 0 spiro atoms. The molecule has 2 amide bonds. The van der Waals surface area contributed by atoms with Crippen LogP contribution in [0.5, 0.6) is 11.5 Å². The van der Waals surface area contributed by atoms with Crippen molar-refractivity contribution in [2.24, 2.45) is 5.10 Å². The molecule has 0 bridgehead atoms. The normalized spacial score (nSPS) is 10.5. The summed E-state index contributed by atoms with van der Waals surface area (Å²) in [5.74, 6) is -0.394. The van der Waals surface area contributed by atoms with Crippen molar-refractivity contribution in [2.45, 2.75) is 27.2 Å². The van der Waals surface area contributed by atoms with Crippen LogP contribution in [0.25, 0.3) is 0 Å². The molecule has 0 aliphatic rings. The first kappa shape index (κ1) is 21.0. The summed E-state index contributed by atoms with van der Waals surface area (Å²) in [5, 5.41) is 6.34. The molecule has 0 aliphatic heterocycles. The SMILES string of the molecule is CCCOc1ccc(/C=N\NC(=O)C(=O)Nc2ccc(C)cc2)cc1OCC. The summed E-state index contributed by atoms with van der Waals surface area (Å²) in [5.41, 5.74) is 4.51. The van der Waals surface area contributed by atoms with Crippen LogP contribution in [-0.2, 0) is 9.59 Å². The van der Waals surface area contributed by atoms with Crippen LogP contribution in [-0.4, -0.2) is 31.2 Å². The molecule has 2 aromatic carbocycles. The van der Waals surface area contributed by atoms with Gasteiger partial charge in [-0.1, -0.05) is 24.6 Å². The second-order valence-electron chi connectivity index (χ2n) is 6.01. The number of hydrogen-bond acceptors (Lipinski definition) is 5. The van der Waals surface area contributed by atoms with Gasteiger partial charge in [-0.3, -0.25) is 9.59 Å². The number of rotatable bonds is 8. The standard InChI is InChI=1S/C21H25N3O4/c1-4-12-28-18-11-8-16(13-19(18)27-5-2)14-22-24-21(26)20(25)23-17-9-6-15(3)7-10-17/h6-11,13-14H,4-5,12H2,1-3H3,(H,23,25)(H,24,26)/b22-14-. The van der Waals surface area contributed by atoms with Gasteiger partial charge in [0.05, 0.1) is 19.4 Å². The highest BCUT2D eigenvalue weighted by Crippen LogP contribution is 2.28. The molecule has 0 atom stereocenters. The molecule has 2 rings (SSSR count). The van der Waals surface area contributed by atoms with Gasteiger partial charge in [-0.15, -0.1) is 0 Å². The lowest BCUT2D eigenvalue weighted by Gasteiger charge is -2.11. The van der Waals surface area contributed by atoms with Crippen molar-refractivity contribution >= 4 is 23.7 Å². The smallest absolute Gasteiger partial charge is 0.329 e. The van der Waals surface area contributed by atoms with Crippen LogP contribution in [0.3, 0.4) is 0 Å². The summed E-state index contributed by atoms with van der Waals surface area (Å²) >= 11 is 0. The monoisotopic (exact) mass is 383 g/mol. The van der Waals surface area contributed by atoms with Crippen LogP contribution >= 0.6 is 0 Å². The topological polar surface area (TPSA) is 89.0 Å². The van der Waals surface area contributed by atoms with E-state index in [1.54, 1.807) is 30.3 Å². The lowest BCUT2D eigenvalue weighted by Crippen LogP contribution is -2.32. The Kier molecular flexibility index (Phi) is 8.02. The molecule has 28 heavy (non-hydrogen) atoms. The number of anilines is 1. The van der Waals surface area contributed by atoms with Crippen LogP contribution in [0, 0.1) is 6.92 Å². The minimum Gasteiger partial charge on any atom is -0.490 e. The Bertz CT molecular complexity index is 832. The van der Waals surface area contributed by atoms with Crippen LogP contribution in [0.15, 0.2) is 47.6 Å². The summed E-state index contributed by atoms with van der Waals surface area (Å²) in [4.78, 5) is 23.8. The van der Waals surface area contributed by atoms with Gasteiger partial charge in [-0.05, 0) is 56.2 Å².